The first-order chi connectivity index (χ1) is 10.7. The number of nitriles is 1. The van der Waals surface area contributed by atoms with Gasteiger partial charge in [-0.3, -0.25) is 9.48 Å². The Balaban J connectivity index is 2.23. The van der Waals surface area contributed by atoms with Gasteiger partial charge in [-0.1, -0.05) is 23.7 Å². The molecule has 0 saturated carbocycles. The average Bonchev–Trinajstić information content (AvgIpc) is 2.86. The van der Waals surface area contributed by atoms with Crippen LogP contribution in [0, 0.1) is 18.3 Å². The van der Waals surface area contributed by atoms with Gasteiger partial charge in [-0.05, 0) is 51.5 Å². The van der Waals surface area contributed by atoms with Crippen LogP contribution in [-0.2, 0) is 5.54 Å². The van der Waals surface area contributed by atoms with Crippen LogP contribution < -0.4 is 5.32 Å². The van der Waals surface area contributed by atoms with E-state index in [0.717, 1.165) is 5.69 Å². The van der Waals surface area contributed by atoms with Crippen LogP contribution in [0.15, 0.2) is 30.3 Å². The largest absolute Gasteiger partial charge is 0.331 e. The molecule has 0 radical (unpaired) electrons. The van der Waals surface area contributed by atoms with Crippen LogP contribution in [0.25, 0.3) is 0 Å². The molecule has 6 heteroatoms. The van der Waals surface area contributed by atoms with Crippen molar-refractivity contribution in [1.82, 2.24) is 15.1 Å². The fourth-order valence-electron chi connectivity index (χ4n) is 2.35. The number of aromatic nitrogens is 2. The molecule has 23 heavy (non-hydrogen) atoms. The predicted octanol–water partition coefficient (Wildman–Crippen LogP) is 3.59. The van der Waals surface area contributed by atoms with E-state index in [0.29, 0.717) is 16.3 Å². The van der Waals surface area contributed by atoms with E-state index < -0.39 is 6.04 Å². The van der Waals surface area contributed by atoms with Crippen molar-refractivity contribution >= 4 is 17.5 Å². The smallest absolute Gasteiger partial charge is 0.273 e. The molecule has 0 saturated heterocycles. The fourth-order valence-corrected chi connectivity index (χ4v) is 2.54. The summed E-state index contributed by atoms with van der Waals surface area (Å²) in [6.45, 7) is 7.93. The Labute approximate surface area is 140 Å². The van der Waals surface area contributed by atoms with E-state index in [1.165, 1.54) is 0 Å². The van der Waals surface area contributed by atoms with Crippen molar-refractivity contribution in [1.29, 1.82) is 5.26 Å². The zero-order chi connectivity index (χ0) is 17.2. The second-order valence-electron chi connectivity index (χ2n) is 6.34. The highest BCUT2D eigenvalue weighted by molar-refractivity contribution is 6.30. The van der Waals surface area contributed by atoms with E-state index in [1.54, 1.807) is 35.0 Å². The lowest BCUT2D eigenvalue weighted by atomic mass is 10.1. The summed E-state index contributed by atoms with van der Waals surface area (Å²) in [6.07, 6.45) is 0. The van der Waals surface area contributed by atoms with Gasteiger partial charge in [0.1, 0.15) is 11.7 Å². The second kappa shape index (κ2) is 6.43. The van der Waals surface area contributed by atoms with Crippen molar-refractivity contribution in [2.45, 2.75) is 39.3 Å². The minimum absolute atomic E-state index is 0.218. The maximum absolute atomic E-state index is 12.4. The number of aryl methyl sites for hydroxylation is 1. The number of nitrogens with zero attached hydrogens (tertiary/aromatic N) is 3. The molecule has 2 rings (SSSR count). The molecule has 1 atom stereocenters. The first-order valence-corrected chi connectivity index (χ1v) is 7.63. The molecule has 0 fully saturated rings. The zero-order valence-corrected chi connectivity index (χ0v) is 14.3. The maximum Gasteiger partial charge on any atom is 0.273 e. The molecular formula is C17H19ClN4O. The van der Waals surface area contributed by atoms with Crippen molar-refractivity contribution in [2.24, 2.45) is 0 Å². The average molecular weight is 331 g/mol. The number of carbonyl (C=O) groups is 1. The highest BCUT2D eigenvalue weighted by Gasteiger charge is 2.22. The third-order valence-corrected chi connectivity index (χ3v) is 3.58. The molecule has 1 aromatic carbocycles. The lowest BCUT2D eigenvalue weighted by molar-refractivity contribution is 0.0938. The van der Waals surface area contributed by atoms with Crippen molar-refractivity contribution in [3.05, 3.63) is 52.3 Å². The number of carbonyl (C=O) groups excluding carboxylic acids is 1. The van der Waals surface area contributed by atoms with Gasteiger partial charge in [0.2, 0.25) is 0 Å². The molecule has 5 nitrogen and oxygen atoms in total. The number of rotatable bonds is 3. The summed E-state index contributed by atoms with van der Waals surface area (Å²) in [5.74, 6) is -0.386. The maximum atomic E-state index is 12.4. The summed E-state index contributed by atoms with van der Waals surface area (Å²) >= 11 is 5.94. The Morgan fingerprint density at radius 2 is 2.09 bits per heavy atom. The number of benzene rings is 1. The van der Waals surface area contributed by atoms with E-state index in [9.17, 15) is 10.1 Å². The minimum atomic E-state index is -0.777. The molecule has 1 N–H and O–H groups in total. The van der Waals surface area contributed by atoms with Gasteiger partial charge < -0.3 is 5.32 Å². The Morgan fingerprint density at radius 3 is 2.61 bits per heavy atom. The SMILES string of the molecule is Cc1cc(C(=O)N[C@H](C#N)c2cccc(Cl)c2)nn1C(C)(C)C. The van der Waals surface area contributed by atoms with Crippen LogP contribution in [0.1, 0.15) is 48.6 Å². The molecule has 0 bridgehead atoms. The van der Waals surface area contributed by atoms with Crippen LogP contribution in [0.2, 0.25) is 5.02 Å². The molecule has 0 unspecified atom stereocenters. The lowest BCUT2D eigenvalue weighted by Gasteiger charge is -2.21. The fraction of sp³-hybridized carbons (Fsp3) is 0.353. The van der Waals surface area contributed by atoms with E-state index in [-0.39, 0.29) is 11.4 Å². The molecule has 0 spiro atoms. The van der Waals surface area contributed by atoms with Crippen LogP contribution in [-0.4, -0.2) is 15.7 Å². The Kier molecular flexibility index (Phi) is 4.76. The van der Waals surface area contributed by atoms with Gasteiger partial charge in [0.15, 0.2) is 0 Å². The summed E-state index contributed by atoms with van der Waals surface area (Å²) in [5.41, 5.74) is 1.60. The van der Waals surface area contributed by atoms with Gasteiger partial charge in [0.25, 0.3) is 5.91 Å². The molecule has 0 aliphatic rings. The van der Waals surface area contributed by atoms with E-state index in [1.807, 2.05) is 27.7 Å². The minimum Gasteiger partial charge on any atom is -0.331 e. The number of hydrogen-bond donors (Lipinski definition) is 1. The van der Waals surface area contributed by atoms with E-state index >= 15 is 0 Å². The van der Waals surface area contributed by atoms with E-state index in [2.05, 4.69) is 16.5 Å². The van der Waals surface area contributed by atoms with Crippen LogP contribution >= 0.6 is 11.6 Å². The third kappa shape index (κ3) is 3.91. The van der Waals surface area contributed by atoms with Gasteiger partial charge in [-0.2, -0.15) is 10.4 Å². The lowest BCUT2D eigenvalue weighted by Crippen LogP contribution is -2.29. The molecule has 2 aromatic rings. The quantitative estimate of drug-likeness (QED) is 0.934. The summed E-state index contributed by atoms with van der Waals surface area (Å²) < 4.78 is 1.79. The number of halogens is 1. The predicted molar refractivity (Wildman–Crippen MR) is 89.2 cm³/mol. The molecule has 1 heterocycles. The molecule has 0 aliphatic heterocycles. The van der Waals surface area contributed by atoms with Gasteiger partial charge in [-0.15, -0.1) is 0 Å². The Bertz CT molecular complexity index is 768. The molecule has 0 aliphatic carbocycles. The Morgan fingerprint density at radius 1 is 1.39 bits per heavy atom. The van der Waals surface area contributed by atoms with Gasteiger partial charge in [0.05, 0.1) is 11.6 Å². The summed E-state index contributed by atoms with van der Waals surface area (Å²) in [7, 11) is 0. The number of amides is 1. The molecule has 1 aromatic heterocycles. The van der Waals surface area contributed by atoms with Crippen LogP contribution in [0.4, 0.5) is 0 Å². The monoisotopic (exact) mass is 330 g/mol. The first kappa shape index (κ1) is 17.0. The molecule has 120 valence electrons. The van der Waals surface area contributed by atoms with E-state index in [4.69, 9.17) is 11.6 Å². The Hall–Kier alpha value is -2.32. The third-order valence-electron chi connectivity index (χ3n) is 3.34. The number of hydrogen-bond acceptors (Lipinski definition) is 3. The highest BCUT2D eigenvalue weighted by Crippen LogP contribution is 2.19. The second-order valence-corrected chi connectivity index (χ2v) is 6.78. The van der Waals surface area contributed by atoms with Gasteiger partial charge in [0, 0.05) is 10.7 Å². The molecular weight excluding hydrogens is 312 g/mol. The zero-order valence-electron chi connectivity index (χ0n) is 13.6. The van der Waals surface area contributed by atoms with Crippen molar-refractivity contribution < 1.29 is 4.79 Å². The van der Waals surface area contributed by atoms with Crippen molar-refractivity contribution in [2.75, 3.05) is 0 Å². The van der Waals surface area contributed by atoms with Crippen molar-refractivity contribution in [3.8, 4) is 6.07 Å². The first-order valence-electron chi connectivity index (χ1n) is 7.25. The summed E-state index contributed by atoms with van der Waals surface area (Å²) in [4.78, 5) is 12.4. The van der Waals surface area contributed by atoms with Crippen molar-refractivity contribution in [3.63, 3.8) is 0 Å². The van der Waals surface area contributed by atoms with Gasteiger partial charge in [-0.25, -0.2) is 0 Å². The van der Waals surface area contributed by atoms with Gasteiger partial charge >= 0.3 is 0 Å². The number of nitrogens with one attached hydrogen (secondary N) is 1. The summed E-state index contributed by atoms with van der Waals surface area (Å²) in [5, 5.41) is 16.9. The standard InChI is InChI=1S/C17H19ClN4O/c1-11-8-14(21-22(11)17(2,3)4)16(23)20-15(10-19)12-6-5-7-13(18)9-12/h5-9,15H,1-4H3,(H,20,23)/t15-/m1/s1. The topological polar surface area (TPSA) is 70.7 Å². The van der Waals surface area contributed by atoms with Crippen LogP contribution in [0.5, 0.6) is 0 Å². The molecule has 1 amide bonds. The van der Waals surface area contributed by atoms with Crippen LogP contribution in [0.3, 0.4) is 0 Å². The normalized spacial score (nSPS) is 12.5. The summed E-state index contributed by atoms with van der Waals surface area (Å²) in [6, 6.07) is 9.88. The highest BCUT2D eigenvalue weighted by atomic mass is 35.5.